The standard InChI is InChI=1S/C19H22N4O3S2/c1-4-23-16-8-6-5-7-15(16)22-19(23)27-12-18(24)21-14-10-9-13(2)17(11-14)28(25,26)20-3/h5-11,20H,4,12H2,1-3H3,(H,21,24). The summed E-state index contributed by atoms with van der Waals surface area (Å²) in [6.45, 7) is 4.50. The van der Waals surface area contributed by atoms with E-state index < -0.39 is 10.0 Å². The van der Waals surface area contributed by atoms with E-state index in [9.17, 15) is 13.2 Å². The molecule has 0 spiro atoms. The minimum atomic E-state index is -3.59. The summed E-state index contributed by atoms with van der Waals surface area (Å²) in [6, 6.07) is 12.7. The van der Waals surface area contributed by atoms with Gasteiger partial charge in [-0.15, -0.1) is 0 Å². The van der Waals surface area contributed by atoms with Crippen LogP contribution in [0.3, 0.4) is 0 Å². The summed E-state index contributed by atoms with van der Waals surface area (Å²) in [6.07, 6.45) is 0. The Balaban J connectivity index is 1.73. The first-order valence-corrected chi connectivity index (χ1v) is 11.2. The van der Waals surface area contributed by atoms with Crippen LogP contribution in [0.1, 0.15) is 12.5 Å². The third-order valence-electron chi connectivity index (χ3n) is 4.30. The molecule has 3 rings (SSSR count). The van der Waals surface area contributed by atoms with Gasteiger partial charge < -0.3 is 9.88 Å². The van der Waals surface area contributed by atoms with Crippen molar-refractivity contribution < 1.29 is 13.2 Å². The zero-order valence-corrected chi connectivity index (χ0v) is 17.5. The number of aromatic nitrogens is 2. The van der Waals surface area contributed by atoms with Gasteiger partial charge in [0.25, 0.3) is 0 Å². The molecule has 1 aromatic heterocycles. The Hall–Kier alpha value is -2.36. The van der Waals surface area contributed by atoms with E-state index in [0.717, 1.165) is 22.7 Å². The number of hydrogen-bond donors (Lipinski definition) is 2. The van der Waals surface area contributed by atoms with E-state index in [1.165, 1.54) is 24.9 Å². The Bertz CT molecular complexity index is 1120. The molecule has 3 aromatic rings. The lowest BCUT2D eigenvalue weighted by molar-refractivity contribution is -0.113. The van der Waals surface area contributed by atoms with E-state index in [-0.39, 0.29) is 16.6 Å². The van der Waals surface area contributed by atoms with Crippen molar-refractivity contribution in [1.29, 1.82) is 0 Å². The number of anilines is 1. The molecule has 0 saturated carbocycles. The molecule has 7 nitrogen and oxygen atoms in total. The SMILES string of the molecule is CCn1c(SCC(=O)Nc2ccc(C)c(S(=O)(=O)NC)c2)nc2ccccc21. The second-order valence-corrected chi connectivity index (χ2v) is 8.95. The smallest absolute Gasteiger partial charge is 0.240 e. The Labute approximate surface area is 168 Å². The average molecular weight is 419 g/mol. The van der Waals surface area contributed by atoms with E-state index in [1.807, 2.05) is 31.2 Å². The Morgan fingerprint density at radius 1 is 1.21 bits per heavy atom. The maximum atomic E-state index is 12.4. The number of amides is 1. The highest BCUT2D eigenvalue weighted by Gasteiger charge is 2.16. The van der Waals surface area contributed by atoms with Crippen LogP contribution in [0.5, 0.6) is 0 Å². The van der Waals surface area contributed by atoms with Gasteiger partial charge in [-0.25, -0.2) is 18.1 Å². The van der Waals surface area contributed by atoms with Gasteiger partial charge in [-0.05, 0) is 50.7 Å². The van der Waals surface area contributed by atoms with Crippen LogP contribution in [-0.2, 0) is 21.4 Å². The lowest BCUT2D eigenvalue weighted by atomic mass is 10.2. The quantitative estimate of drug-likeness (QED) is 0.576. The summed E-state index contributed by atoms with van der Waals surface area (Å²) in [7, 11) is -2.23. The van der Waals surface area contributed by atoms with Crippen LogP contribution in [0.25, 0.3) is 11.0 Å². The number of benzene rings is 2. The lowest BCUT2D eigenvalue weighted by Gasteiger charge is -2.10. The number of carbonyl (C=O) groups excluding carboxylic acids is 1. The number of nitrogens with zero attached hydrogens (tertiary/aromatic N) is 2. The molecule has 0 fully saturated rings. The topological polar surface area (TPSA) is 93.1 Å². The highest BCUT2D eigenvalue weighted by atomic mass is 32.2. The molecule has 0 radical (unpaired) electrons. The van der Waals surface area contributed by atoms with Gasteiger partial charge in [-0.3, -0.25) is 4.79 Å². The van der Waals surface area contributed by atoms with Crippen molar-refractivity contribution in [2.45, 2.75) is 30.4 Å². The van der Waals surface area contributed by atoms with Gasteiger partial charge in [0.1, 0.15) is 0 Å². The fraction of sp³-hybridized carbons (Fsp3) is 0.263. The van der Waals surface area contributed by atoms with Crippen LogP contribution in [0.15, 0.2) is 52.5 Å². The maximum absolute atomic E-state index is 12.4. The van der Waals surface area contributed by atoms with Crippen molar-refractivity contribution in [2.75, 3.05) is 18.1 Å². The van der Waals surface area contributed by atoms with Crippen LogP contribution in [-0.4, -0.2) is 36.7 Å². The Kier molecular flexibility index (Phi) is 6.07. The molecule has 9 heteroatoms. The number of para-hydroxylation sites is 2. The van der Waals surface area contributed by atoms with E-state index in [2.05, 4.69) is 19.6 Å². The van der Waals surface area contributed by atoms with E-state index in [4.69, 9.17) is 0 Å². The van der Waals surface area contributed by atoms with Gasteiger partial charge in [0.2, 0.25) is 15.9 Å². The first-order chi connectivity index (χ1) is 13.4. The van der Waals surface area contributed by atoms with E-state index in [0.29, 0.717) is 11.3 Å². The number of thioether (sulfide) groups is 1. The number of aryl methyl sites for hydroxylation is 2. The molecule has 0 saturated heterocycles. The largest absolute Gasteiger partial charge is 0.325 e. The Morgan fingerprint density at radius 2 is 1.96 bits per heavy atom. The molecule has 2 N–H and O–H groups in total. The molecule has 0 aliphatic heterocycles. The van der Waals surface area contributed by atoms with Crippen LogP contribution >= 0.6 is 11.8 Å². The first kappa shape index (κ1) is 20.4. The molecule has 1 heterocycles. The number of fused-ring (bicyclic) bond motifs is 1. The van der Waals surface area contributed by atoms with Gasteiger partial charge in [0.05, 0.1) is 21.7 Å². The number of hydrogen-bond acceptors (Lipinski definition) is 5. The zero-order chi connectivity index (χ0) is 20.3. The number of rotatable bonds is 7. The minimum absolute atomic E-state index is 0.147. The lowest BCUT2D eigenvalue weighted by Crippen LogP contribution is -2.20. The molecule has 0 aliphatic rings. The summed E-state index contributed by atoms with van der Waals surface area (Å²) < 4.78 is 28.5. The number of imidazole rings is 1. The molecule has 28 heavy (non-hydrogen) atoms. The predicted octanol–water partition coefficient (Wildman–Crippen LogP) is 3.00. The number of sulfonamides is 1. The Morgan fingerprint density at radius 3 is 2.68 bits per heavy atom. The molecule has 0 unspecified atom stereocenters. The van der Waals surface area contributed by atoms with Crippen molar-refractivity contribution in [2.24, 2.45) is 0 Å². The van der Waals surface area contributed by atoms with Crippen molar-refractivity contribution in [1.82, 2.24) is 14.3 Å². The maximum Gasteiger partial charge on any atom is 0.240 e. The van der Waals surface area contributed by atoms with Crippen molar-refractivity contribution >= 4 is 44.4 Å². The first-order valence-electron chi connectivity index (χ1n) is 8.78. The van der Waals surface area contributed by atoms with Crippen LogP contribution < -0.4 is 10.0 Å². The summed E-state index contributed by atoms with van der Waals surface area (Å²) >= 11 is 1.35. The van der Waals surface area contributed by atoms with Crippen molar-refractivity contribution in [3.05, 3.63) is 48.0 Å². The highest BCUT2D eigenvalue weighted by Crippen LogP contribution is 2.25. The third kappa shape index (κ3) is 4.21. The summed E-state index contributed by atoms with van der Waals surface area (Å²) in [5.74, 6) is -0.0537. The third-order valence-corrected chi connectivity index (χ3v) is 6.83. The summed E-state index contributed by atoms with van der Waals surface area (Å²) in [5.41, 5.74) is 2.98. The highest BCUT2D eigenvalue weighted by molar-refractivity contribution is 7.99. The normalized spacial score (nSPS) is 11.7. The average Bonchev–Trinajstić information content (AvgIpc) is 3.05. The minimum Gasteiger partial charge on any atom is -0.325 e. The van der Waals surface area contributed by atoms with E-state index >= 15 is 0 Å². The van der Waals surface area contributed by atoms with Crippen LogP contribution in [0.2, 0.25) is 0 Å². The van der Waals surface area contributed by atoms with Crippen molar-refractivity contribution in [3.63, 3.8) is 0 Å². The summed E-state index contributed by atoms with van der Waals surface area (Å²) in [4.78, 5) is 17.1. The second kappa shape index (κ2) is 8.34. The van der Waals surface area contributed by atoms with Crippen molar-refractivity contribution in [3.8, 4) is 0 Å². The van der Waals surface area contributed by atoms with Gasteiger partial charge >= 0.3 is 0 Å². The molecule has 0 aliphatic carbocycles. The molecular weight excluding hydrogens is 396 g/mol. The predicted molar refractivity (Wildman–Crippen MR) is 112 cm³/mol. The van der Waals surface area contributed by atoms with Gasteiger partial charge in [-0.2, -0.15) is 0 Å². The number of nitrogens with one attached hydrogen (secondary N) is 2. The fourth-order valence-corrected chi connectivity index (χ4v) is 4.75. The van der Waals surface area contributed by atoms with Gasteiger partial charge in [0.15, 0.2) is 5.16 Å². The monoisotopic (exact) mass is 418 g/mol. The molecule has 0 bridgehead atoms. The zero-order valence-electron chi connectivity index (χ0n) is 15.9. The molecule has 2 aromatic carbocycles. The second-order valence-electron chi connectivity index (χ2n) is 6.15. The number of carbonyl (C=O) groups is 1. The fourth-order valence-electron chi connectivity index (χ4n) is 2.87. The summed E-state index contributed by atoms with van der Waals surface area (Å²) in [5, 5.41) is 3.54. The molecule has 1 amide bonds. The van der Waals surface area contributed by atoms with Crippen LogP contribution in [0.4, 0.5) is 5.69 Å². The molecule has 148 valence electrons. The van der Waals surface area contributed by atoms with Gasteiger partial charge in [0, 0.05) is 12.2 Å². The van der Waals surface area contributed by atoms with Gasteiger partial charge in [-0.1, -0.05) is 30.0 Å². The van der Waals surface area contributed by atoms with E-state index in [1.54, 1.807) is 19.1 Å². The molecule has 0 atom stereocenters. The van der Waals surface area contributed by atoms with Crippen LogP contribution in [0, 0.1) is 6.92 Å². The molecular formula is C19H22N4O3S2.